The highest BCUT2D eigenvalue weighted by Crippen LogP contribution is 2.19. The summed E-state index contributed by atoms with van der Waals surface area (Å²) in [5.41, 5.74) is 4.79. The molecule has 3 heteroatoms. The Balaban J connectivity index is 0.00000106. The average Bonchev–Trinajstić information content (AvgIpc) is 2.53. The smallest absolute Gasteiger partial charge is 0.0527 e. The second kappa shape index (κ2) is 9.41. The van der Waals surface area contributed by atoms with Crippen LogP contribution in [0.5, 0.6) is 0 Å². The largest absolute Gasteiger partial charge is 0.387 e. The van der Waals surface area contributed by atoms with E-state index in [1.165, 1.54) is 11.1 Å². The van der Waals surface area contributed by atoms with Crippen molar-refractivity contribution in [3.05, 3.63) is 58.4 Å². The van der Waals surface area contributed by atoms with Crippen LogP contribution in [0.2, 0.25) is 5.02 Å². The summed E-state index contributed by atoms with van der Waals surface area (Å²) < 4.78 is 0. The van der Waals surface area contributed by atoms with Crippen molar-refractivity contribution in [1.82, 2.24) is 4.98 Å². The van der Waals surface area contributed by atoms with Crippen LogP contribution in [0.25, 0.3) is 0 Å². The second-order valence-corrected chi connectivity index (χ2v) is 5.07. The van der Waals surface area contributed by atoms with Crippen molar-refractivity contribution in [1.29, 1.82) is 0 Å². The first kappa shape index (κ1) is 17.5. The predicted octanol–water partition coefficient (Wildman–Crippen LogP) is 5.35. The molecule has 1 aromatic heterocycles. The third-order valence-electron chi connectivity index (χ3n) is 3.15. The maximum atomic E-state index is 5.91. The van der Waals surface area contributed by atoms with Crippen LogP contribution in [0.15, 0.2) is 36.5 Å². The number of rotatable bonds is 5. The molecule has 0 fully saturated rings. The Hall–Kier alpha value is -1.54. The van der Waals surface area contributed by atoms with Crippen molar-refractivity contribution in [2.75, 3.05) is 12.4 Å². The summed E-state index contributed by atoms with van der Waals surface area (Å²) in [4.78, 5) is 4.59. The normalized spacial score (nSPS) is 9.76. The van der Waals surface area contributed by atoms with Crippen LogP contribution in [0.1, 0.15) is 44.0 Å². The van der Waals surface area contributed by atoms with E-state index in [2.05, 4.69) is 35.4 Å². The van der Waals surface area contributed by atoms with E-state index in [1.807, 2.05) is 39.2 Å². The van der Waals surface area contributed by atoms with E-state index in [1.54, 1.807) is 0 Å². The van der Waals surface area contributed by atoms with E-state index in [-0.39, 0.29) is 0 Å². The van der Waals surface area contributed by atoms with E-state index in [0.717, 1.165) is 35.7 Å². The Bertz CT molecular complexity index is 535. The van der Waals surface area contributed by atoms with Crippen LogP contribution in [0.4, 0.5) is 5.69 Å². The van der Waals surface area contributed by atoms with E-state index >= 15 is 0 Å². The highest BCUT2D eigenvalue weighted by Gasteiger charge is 2.06. The molecule has 0 radical (unpaired) electrons. The molecular weight excluding hydrogens is 280 g/mol. The van der Waals surface area contributed by atoms with Gasteiger partial charge in [0.05, 0.1) is 11.9 Å². The number of aryl methyl sites for hydroxylation is 1. The molecule has 1 heterocycles. The zero-order chi connectivity index (χ0) is 15.7. The highest BCUT2D eigenvalue weighted by molar-refractivity contribution is 6.30. The van der Waals surface area contributed by atoms with E-state index in [0.29, 0.717) is 0 Å². The SMILES string of the molecule is CC.CCCc1cc(NC)cnc1Cc1ccc(Cl)cc1. The number of nitrogens with one attached hydrogen (secondary N) is 1. The van der Waals surface area contributed by atoms with Gasteiger partial charge in [0.1, 0.15) is 0 Å². The van der Waals surface area contributed by atoms with Gasteiger partial charge in [-0.2, -0.15) is 0 Å². The molecule has 0 unspecified atom stereocenters. The van der Waals surface area contributed by atoms with Crippen LogP contribution in [0, 0.1) is 0 Å². The van der Waals surface area contributed by atoms with Crippen LogP contribution in [0.3, 0.4) is 0 Å². The first-order valence-corrected chi connectivity index (χ1v) is 8.00. The molecule has 2 rings (SSSR count). The fourth-order valence-electron chi connectivity index (χ4n) is 2.12. The third kappa shape index (κ3) is 5.39. The molecule has 2 aromatic rings. The van der Waals surface area contributed by atoms with Crippen LogP contribution >= 0.6 is 11.6 Å². The molecule has 0 atom stereocenters. The molecule has 0 aliphatic rings. The zero-order valence-corrected chi connectivity index (χ0v) is 14.2. The maximum absolute atomic E-state index is 5.91. The minimum atomic E-state index is 0.774. The lowest BCUT2D eigenvalue weighted by atomic mass is 10.0. The van der Waals surface area contributed by atoms with Gasteiger partial charge >= 0.3 is 0 Å². The van der Waals surface area contributed by atoms with E-state index < -0.39 is 0 Å². The summed E-state index contributed by atoms with van der Waals surface area (Å²) in [6.45, 7) is 6.19. The summed E-state index contributed by atoms with van der Waals surface area (Å²) in [6, 6.07) is 10.2. The molecule has 1 aromatic carbocycles. The number of anilines is 1. The molecular formula is C18H25ClN2. The van der Waals surface area contributed by atoms with Gasteiger partial charge in [-0.15, -0.1) is 0 Å². The first-order chi connectivity index (χ1) is 10.2. The number of halogens is 1. The van der Waals surface area contributed by atoms with Gasteiger partial charge in [0.25, 0.3) is 0 Å². The predicted molar refractivity (Wildman–Crippen MR) is 93.4 cm³/mol. The fraction of sp³-hybridized carbons (Fsp3) is 0.389. The number of pyridine rings is 1. The van der Waals surface area contributed by atoms with Gasteiger partial charge in [-0.1, -0.05) is 50.9 Å². The van der Waals surface area contributed by atoms with Gasteiger partial charge in [-0.05, 0) is 35.7 Å². The molecule has 0 bridgehead atoms. The summed E-state index contributed by atoms with van der Waals surface area (Å²) in [5.74, 6) is 0. The Morgan fingerprint density at radius 3 is 2.38 bits per heavy atom. The van der Waals surface area contributed by atoms with Gasteiger partial charge in [-0.3, -0.25) is 4.98 Å². The molecule has 0 aliphatic carbocycles. The summed E-state index contributed by atoms with van der Waals surface area (Å²) in [5, 5.41) is 3.92. The van der Waals surface area contributed by atoms with Gasteiger partial charge < -0.3 is 5.32 Å². The number of benzene rings is 1. The van der Waals surface area contributed by atoms with E-state index in [9.17, 15) is 0 Å². The van der Waals surface area contributed by atoms with Crippen molar-refractivity contribution in [2.24, 2.45) is 0 Å². The molecule has 21 heavy (non-hydrogen) atoms. The van der Waals surface area contributed by atoms with Gasteiger partial charge in [0.2, 0.25) is 0 Å². The standard InChI is InChI=1S/C16H19ClN2.C2H6/c1-3-4-13-10-15(18-2)11-19-16(13)9-12-5-7-14(17)8-6-12;1-2/h5-8,10-11,18H,3-4,9H2,1-2H3;1-2H3. The molecule has 0 amide bonds. The lowest BCUT2D eigenvalue weighted by Crippen LogP contribution is -2.01. The lowest BCUT2D eigenvalue weighted by molar-refractivity contribution is 0.884. The fourth-order valence-corrected chi connectivity index (χ4v) is 2.24. The first-order valence-electron chi connectivity index (χ1n) is 7.63. The topological polar surface area (TPSA) is 24.9 Å². The monoisotopic (exact) mass is 304 g/mol. The Labute approximate surface area is 133 Å². The zero-order valence-electron chi connectivity index (χ0n) is 13.4. The Morgan fingerprint density at radius 1 is 1.14 bits per heavy atom. The van der Waals surface area contributed by atoms with Gasteiger partial charge in [0.15, 0.2) is 0 Å². The Kier molecular flexibility index (Phi) is 7.84. The quantitative estimate of drug-likeness (QED) is 0.806. The summed E-state index contributed by atoms with van der Waals surface area (Å²) in [7, 11) is 1.92. The molecule has 0 saturated heterocycles. The Morgan fingerprint density at radius 2 is 1.81 bits per heavy atom. The van der Waals surface area contributed by atoms with Crippen molar-refractivity contribution >= 4 is 17.3 Å². The lowest BCUT2D eigenvalue weighted by Gasteiger charge is -2.10. The molecule has 2 nitrogen and oxygen atoms in total. The van der Waals surface area contributed by atoms with Crippen molar-refractivity contribution in [3.63, 3.8) is 0 Å². The third-order valence-corrected chi connectivity index (χ3v) is 3.40. The van der Waals surface area contributed by atoms with Crippen molar-refractivity contribution in [3.8, 4) is 0 Å². The number of hydrogen-bond donors (Lipinski definition) is 1. The molecule has 0 spiro atoms. The number of hydrogen-bond acceptors (Lipinski definition) is 2. The average molecular weight is 305 g/mol. The van der Waals surface area contributed by atoms with Crippen LogP contribution in [-0.4, -0.2) is 12.0 Å². The van der Waals surface area contributed by atoms with Crippen LogP contribution < -0.4 is 5.32 Å². The summed E-state index contributed by atoms with van der Waals surface area (Å²) >= 11 is 5.91. The number of nitrogens with zero attached hydrogens (tertiary/aromatic N) is 1. The van der Waals surface area contributed by atoms with Gasteiger partial charge in [0, 0.05) is 24.2 Å². The molecule has 1 N–H and O–H groups in total. The van der Waals surface area contributed by atoms with Gasteiger partial charge in [-0.25, -0.2) is 0 Å². The van der Waals surface area contributed by atoms with Crippen molar-refractivity contribution < 1.29 is 0 Å². The molecule has 0 aliphatic heterocycles. The minimum absolute atomic E-state index is 0.774. The van der Waals surface area contributed by atoms with E-state index in [4.69, 9.17) is 11.6 Å². The molecule has 0 saturated carbocycles. The highest BCUT2D eigenvalue weighted by atomic mass is 35.5. The molecule has 114 valence electrons. The summed E-state index contributed by atoms with van der Waals surface area (Å²) in [6.07, 6.45) is 4.94. The van der Waals surface area contributed by atoms with Crippen molar-refractivity contribution in [2.45, 2.75) is 40.0 Å². The number of aromatic nitrogens is 1. The second-order valence-electron chi connectivity index (χ2n) is 4.63. The maximum Gasteiger partial charge on any atom is 0.0527 e. The van der Waals surface area contributed by atoms with Crippen LogP contribution in [-0.2, 0) is 12.8 Å². The minimum Gasteiger partial charge on any atom is -0.387 e.